The van der Waals surface area contributed by atoms with E-state index in [2.05, 4.69) is 18.8 Å². The van der Waals surface area contributed by atoms with Gasteiger partial charge in [-0.3, -0.25) is 9.36 Å². The first-order chi connectivity index (χ1) is 11.3. The van der Waals surface area contributed by atoms with Gasteiger partial charge in [-0.05, 0) is 31.0 Å². The first kappa shape index (κ1) is 18.5. The van der Waals surface area contributed by atoms with Crippen LogP contribution in [0, 0.1) is 5.92 Å². The van der Waals surface area contributed by atoms with Crippen molar-refractivity contribution in [2.45, 2.75) is 38.6 Å². The standard InChI is InChI=1S/C17H22N2O4S/c1-10(2)9-24-17-18-14-7-12(16(22)23-4)5-6-13(14)15(21)19(17)8-11(3)20/h5-7,10-11,20H,8-9H2,1-4H3/t11-/m0/s1. The third-order valence-electron chi connectivity index (χ3n) is 3.33. The van der Waals surface area contributed by atoms with Gasteiger partial charge in [-0.1, -0.05) is 25.6 Å². The molecular weight excluding hydrogens is 328 g/mol. The molecule has 7 heteroatoms. The van der Waals surface area contributed by atoms with E-state index >= 15 is 0 Å². The molecule has 1 heterocycles. The summed E-state index contributed by atoms with van der Waals surface area (Å²) < 4.78 is 6.21. The SMILES string of the molecule is COC(=O)c1ccc2c(=O)n(C[C@H](C)O)c(SCC(C)C)nc2c1. The van der Waals surface area contributed by atoms with Crippen molar-refractivity contribution < 1.29 is 14.6 Å². The number of methoxy groups -OCH3 is 1. The molecule has 6 nitrogen and oxygen atoms in total. The van der Waals surface area contributed by atoms with Crippen LogP contribution in [-0.4, -0.2) is 39.6 Å². The van der Waals surface area contributed by atoms with E-state index in [4.69, 9.17) is 4.74 Å². The number of aromatic nitrogens is 2. The molecule has 0 saturated heterocycles. The van der Waals surface area contributed by atoms with Gasteiger partial charge in [0.15, 0.2) is 5.16 Å². The normalized spacial score (nSPS) is 12.6. The van der Waals surface area contributed by atoms with Crippen LogP contribution >= 0.6 is 11.8 Å². The fourth-order valence-corrected chi connectivity index (χ4v) is 3.18. The second-order valence-corrected chi connectivity index (χ2v) is 7.07. The van der Waals surface area contributed by atoms with E-state index in [1.165, 1.54) is 23.4 Å². The van der Waals surface area contributed by atoms with Crippen LogP contribution in [0.15, 0.2) is 28.2 Å². The first-order valence-electron chi connectivity index (χ1n) is 7.77. The van der Waals surface area contributed by atoms with E-state index in [0.29, 0.717) is 27.5 Å². The van der Waals surface area contributed by atoms with E-state index in [1.54, 1.807) is 25.1 Å². The molecule has 0 fully saturated rings. The summed E-state index contributed by atoms with van der Waals surface area (Å²) in [6, 6.07) is 4.69. The molecule has 1 atom stereocenters. The lowest BCUT2D eigenvalue weighted by molar-refractivity contribution is 0.0601. The Hall–Kier alpha value is -1.86. The Morgan fingerprint density at radius 3 is 2.67 bits per heavy atom. The van der Waals surface area contributed by atoms with Gasteiger partial charge in [0.05, 0.1) is 36.2 Å². The number of esters is 1. The number of hydrogen-bond donors (Lipinski definition) is 1. The van der Waals surface area contributed by atoms with Gasteiger partial charge < -0.3 is 9.84 Å². The van der Waals surface area contributed by atoms with Crippen molar-refractivity contribution in [2.24, 2.45) is 5.92 Å². The van der Waals surface area contributed by atoms with Crippen LogP contribution < -0.4 is 5.56 Å². The Kier molecular flexibility index (Phi) is 6.01. The molecule has 0 spiro atoms. The molecule has 0 radical (unpaired) electrons. The number of rotatable bonds is 6. The zero-order valence-corrected chi connectivity index (χ0v) is 15.1. The average molecular weight is 350 g/mol. The predicted octanol–water partition coefficient (Wildman–Crippen LogP) is 2.31. The quantitative estimate of drug-likeness (QED) is 0.489. The third-order valence-corrected chi connectivity index (χ3v) is 4.74. The van der Waals surface area contributed by atoms with Gasteiger partial charge in [0.1, 0.15) is 0 Å². The van der Waals surface area contributed by atoms with Crippen molar-refractivity contribution >= 4 is 28.6 Å². The molecule has 0 aliphatic heterocycles. The fraction of sp³-hybridized carbons (Fsp3) is 0.471. The van der Waals surface area contributed by atoms with E-state index in [9.17, 15) is 14.7 Å². The van der Waals surface area contributed by atoms with Crippen LogP contribution in [0.1, 0.15) is 31.1 Å². The third kappa shape index (κ3) is 4.15. The summed E-state index contributed by atoms with van der Waals surface area (Å²) in [5.41, 5.74) is 0.588. The minimum Gasteiger partial charge on any atom is -0.465 e. The zero-order chi connectivity index (χ0) is 17.9. The average Bonchev–Trinajstić information content (AvgIpc) is 2.54. The summed E-state index contributed by atoms with van der Waals surface area (Å²) in [7, 11) is 1.31. The molecular formula is C17H22N2O4S. The molecule has 0 aliphatic rings. The van der Waals surface area contributed by atoms with Crippen molar-refractivity contribution in [1.29, 1.82) is 0 Å². The maximum absolute atomic E-state index is 12.8. The number of aliphatic hydroxyl groups excluding tert-OH is 1. The predicted molar refractivity (Wildman–Crippen MR) is 94.6 cm³/mol. The molecule has 1 aromatic carbocycles. The van der Waals surface area contributed by atoms with Crippen molar-refractivity contribution in [1.82, 2.24) is 9.55 Å². The lowest BCUT2D eigenvalue weighted by atomic mass is 10.1. The van der Waals surface area contributed by atoms with E-state index in [-0.39, 0.29) is 12.1 Å². The fourth-order valence-electron chi connectivity index (χ4n) is 2.22. The van der Waals surface area contributed by atoms with Crippen molar-refractivity contribution in [3.05, 3.63) is 34.1 Å². The summed E-state index contributed by atoms with van der Waals surface area (Å²) in [5, 5.41) is 10.7. The molecule has 0 bridgehead atoms. The number of ether oxygens (including phenoxy) is 1. The lowest BCUT2D eigenvalue weighted by Crippen LogP contribution is -2.28. The van der Waals surface area contributed by atoms with Gasteiger partial charge >= 0.3 is 5.97 Å². The summed E-state index contributed by atoms with van der Waals surface area (Å²) in [6.07, 6.45) is -0.658. The molecule has 1 aromatic heterocycles. The lowest BCUT2D eigenvalue weighted by Gasteiger charge is -2.15. The Labute approximate surface area is 144 Å². The van der Waals surface area contributed by atoms with Crippen molar-refractivity contribution in [3.63, 3.8) is 0 Å². The van der Waals surface area contributed by atoms with E-state index in [0.717, 1.165) is 5.75 Å². The molecule has 0 aliphatic carbocycles. The van der Waals surface area contributed by atoms with Gasteiger partial charge in [-0.25, -0.2) is 9.78 Å². The summed E-state index contributed by atoms with van der Waals surface area (Å²) in [4.78, 5) is 29.0. The van der Waals surface area contributed by atoms with Gasteiger partial charge in [0, 0.05) is 5.75 Å². The molecule has 24 heavy (non-hydrogen) atoms. The summed E-state index contributed by atoms with van der Waals surface area (Å²) >= 11 is 1.47. The molecule has 130 valence electrons. The number of nitrogens with zero attached hydrogens (tertiary/aromatic N) is 2. The second-order valence-electron chi connectivity index (χ2n) is 6.09. The number of carbonyl (C=O) groups is 1. The number of benzene rings is 1. The van der Waals surface area contributed by atoms with Crippen LogP contribution in [0.2, 0.25) is 0 Å². The van der Waals surface area contributed by atoms with Crippen molar-refractivity contribution in [2.75, 3.05) is 12.9 Å². The largest absolute Gasteiger partial charge is 0.465 e. The van der Waals surface area contributed by atoms with Crippen LogP contribution in [0.5, 0.6) is 0 Å². The Morgan fingerprint density at radius 1 is 1.38 bits per heavy atom. The highest BCUT2D eigenvalue weighted by Gasteiger charge is 2.15. The maximum atomic E-state index is 12.8. The molecule has 0 amide bonds. The zero-order valence-electron chi connectivity index (χ0n) is 14.3. The minimum atomic E-state index is -0.658. The molecule has 2 aromatic rings. The minimum absolute atomic E-state index is 0.182. The van der Waals surface area contributed by atoms with E-state index < -0.39 is 12.1 Å². The highest BCUT2D eigenvalue weighted by molar-refractivity contribution is 7.99. The van der Waals surface area contributed by atoms with Crippen LogP contribution in [0.4, 0.5) is 0 Å². The van der Waals surface area contributed by atoms with Crippen LogP contribution in [-0.2, 0) is 11.3 Å². The number of hydrogen-bond acceptors (Lipinski definition) is 6. The number of carbonyl (C=O) groups excluding carboxylic acids is 1. The van der Waals surface area contributed by atoms with E-state index in [1.807, 2.05) is 0 Å². The van der Waals surface area contributed by atoms with Gasteiger partial charge in [0.2, 0.25) is 0 Å². The topological polar surface area (TPSA) is 81.4 Å². The van der Waals surface area contributed by atoms with Gasteiger partial charge in [-0.2, -0.15) is 0 Å². The monoisotopic (exact) mass is 350 g/mol. The Morgan fingerprint density at radius 2 is 2.08 bits per heavy atom. The summed E-state index contributed by atoms with van der Waals surface area (Å²) in [5.74, 6) is 0.765. The smallest absolute Gasteiger partial charge is 0.337 e. The number of fused-ring (bicyclic) bond motifs is 1. The van der Waals surface area contributed by atoms with Crippen LogP contribution in [0.3, 0.4) is 0 Å². The highest BCUT2D eigenvalue weighted by atomic mass is 32.2. The van der Waals surface area contributed by atoms with Crippen molar-refractivity contribution in [3.8, 4) is 0 Å². The molecule has 2 rings (SSSR count). The highest BCUT2D eigenvalue weighted by Crippen LogP contribution is 2.21. The molecule has 1 N–H and O–H groups in total. The summed E-state index contributed by atoms with van der Waals surface area (Å²) in [6.45, 7) is 5.98. The molecule has 0 unspecified atom stereocenters. The Bertz CT molecular complexity index is 799. The van der Waals surface area contributed by atoms with Crippen LogP contribution in [0.25, 0.3) is 10.9 Å². The molecule has 0 saturated carbocycles. The maximum Gasteiger partial charge on any atom is 0.337 e. The first-order valence-corrected chi connectivity index (χ1v) is 8.75. The van der Waals surface area contributed by atoms with Gasteiger partial charge in [0.25, 0.3) is 5.56 Å². The number of aliphatic hydroxyl groups is 1. The van der Waals surface area contributed by atoms with Gasteiger partial charge in [-0.15, -0.1) is 0 Å². The number of thioether (sulfide) groups is 1. The Balaban J connectivity index is 2.60. The second kappa shape index (κ2) is 7.81.